The molecule has 6 nitrogen and oxygen atoms in total. The van der Waals surface area contributed by atoms with Crippen molar-refractivity contribution in [1.29, 1.82) is 0 Å². The number of aromatic amines is 1. The first-order chi connectivity index (χ1) is 11.7. The lowest BCUT2D eigenvalue weighted by Crippen LogP contribution is -2.25. The maximum atomic E-state index is 12.1. The third-order valence-electron chi connectivity index (χ3n) is 3.74. The molecular weight excluding hydrogens is 304 g/mol. The van der Waals surface area contributed by atoms with Crippen molar-refractivity contribution in [3.05, 3.63) is 88.4 Å². The lowest BCUT2D eigenvalue weighted by atomic mass is 10.1. The molecule has 122 valence electrons. The van der Waals surface area contributed by atoms with Crippen molar-refractivity contribution < 1.29 is 4.79 Å². The number of carbonyl (C=O) groups excluding carboxylic acids is 1. The number of pyridine rings is 1. The quantitative estimate of drug-likeness (QED) is 0.725. The summed E-state index contributed by atoms with van der Waals surface area (Å²) in [5.41, 5.74) is 1.44. The van der Waals surface area contributed by atoms with Crippen molar-refractivity contribution in [3.63, 3.8) is 0 Å². The van der Waals surface area contributed by atoms with Gasteiger partial charge in [0.2, 0.25) is 5.56 Å². The number of benzene rings is 1. The fourth-order valence-corrected chi connectivity index (χ4v) is 2.42. The number of nitrogens with one attached hydrogen (secondary N) is 2. The molecule has 3 aromatic rings. The van der Waals surface area contributed by atoms with Gasteiger partial charge in [-0.2, -0.15) is 0 Å². The highest BCUT2D eigenvalue weighted by molar-refractivity contribution is 5.93. The zero-order valence-corrected chi connectivity index (χ0v) is 13.1. The lowest BCUT2D eigenvalue weighted by molar-refractivity contribution is 0.0949. The Morgan fingerprint density at radius 1 is 1.17 bits per heavy atom. The summed E-state index contributed by atoms with van der Waals surface area (Å²) in [5, 5.41) is 2.82. The van der Waals surface area contributed by atoms with Gasteiger partial charge in [-0.1, -0.05) is 30.3 Å². The average Bonchev–Trinajstić information content (AvgIpc) is 3.07. The summed E-state index contributed by atoms with van der Waals surface area (Å²) >= 11 is 0. The van der Waals surface area contributed by atoms with E-state index in [-0.39, 0.29) is 11.5 Å². The van der Waals surface area contributed by atoms with Gasteiger partial charge in [0, 0.05) is 31.2 Å². The second-order valence-corrected chi connectivity index (χ2v) is 5.40. The van der Waals surface area contributed by atoms with E-state index in [0.29, 0.717) is 12.1 Å². The highest BCUT2D eigenvalue weighted by atomic mass is 16.1. The van der Waals surface area contributed by atoms with E-state index in [4.69, 9.17) is 0 Å². The Morgan fingerprint density at radius 3 is 2.75 bits per heavy atom. The van der Waals surface area contributed by atoms with Crippen LogP contribution in [0, 0.1) is 0 Å². The van der Waals surface area contributed by atoms with Crippen LogP contribution in [-0.4, -0.2) is 20.4 Å². The average molecular weight is 322 g/mol. The maximum Gasteiger partial charge on any atom is 0.253 e. The number of rotatable bonds is 6. The molecule has 2 heterocycles. The molecule has 1 amide bonds. The summed E-state index contributed by atoms with van der Waals surface area (Å²) in [6.07, 6.45) is 5.94. The van der Waals surface area contributed by atoms with Crippen molar-refractivity contribution in [2.45, 2.75) is 19.5 Å². The SMILES string of the molecule is O=C(NCc1nccn1CCc1ccccc1)c1ccc(=O)[nH]c1. The van der Waals surface area contributed by atoms with Gasteiger partial charge < -0.3 is 14.9 Å². The monoisotopic (exact) mass is 322 g/mol. The van der Waals surface area contributed by atoms with Crippen LogP contribution in [0.5, 0.6) is 0 Å². The minimum atomic E-state index is -0.246. The van der Waals surface area contributed by atoms with Crippen LogP contribution in [0.3, 0.4) is 0 Å². The van der Waals surface area contributed by atoms with Crippen molar-refractivity contribution in [2.75, 3.05) is 0 Å². The number of aromatic nitrogens is 3. The van der Waals surface area contributed by atoms with E-state index in [9.17, 15) is 9.59 Å². The minimum Gasteiger partial charge on any atom is -0.345 e. The molecule has 0 aliphatic rings. The Kier molecular flexibility index (Phi) is 4.86. The second-order valence-electron chi connectivity index (χ2n) is 5.40. The van der Waals surface area contributed by atoms with E-state index in [1.54, 1.807) is 6.20 Å². The first-order valence-corrected chi connectivity index (χ1v) is 7.73. The number of H-pyrrole nitrogens is 1. The Morgan fingerprint density at radius 2 is 2.00 bits per heavy atom. The smallest absolute Gasteiger partial charge is 0.253 e. The van der Waals surface area contributed by atoms with E-state index in [1.807, 2.05) is 29.0 Å². The highest BCUT2D eigenvalue weighted by Crippen LogP contribution is 2.05. The minimum absolute atomic E-state index is 0.233. The van der Waals surface area contributed by atoms with Crippen molar-refractivity contribution in [3.8, 4) is 0 Å². The number of aryl methyl sites for hydroxylation is 2. The van der Waals surface area contributed by atoms with E-state index in [2.05, 4.69) is 27.4 Å². The molecule has 0 saturated heterocycles. The van der Waals surface area contributed by atoms with E-state index in [1.165, 1.54) is 23.9 Å². The third kappa shape index (κ3) is 3.98. The molecule has 0 fully saturated rings. The molecule has 3 rings (SSSR count). The van der Waals surface area contributed by atoms with E-state index < -0.39 is 0 Å². The normalized spacial score (nSPS) is 10.5. The van der Waals surface area contributed by atoms with Gasteiger partial charge in [0.05, 0.1) is 12.1 Å². The molecule has 24 heavy (non-hydrogen) atoms. The topological polar surface area (TPSA) is 79.8 Å². The Labute approximate surface area is 139 Å². The number of imidazole rings is 1. The van der Waals surface area contributed by atoms with E-state index >= 15 is 0 Å². The van der Waals surface area contributed by atoms with Crippen LogP contribution in [0.2, 0.25) is 0 Å². The number of amides is 1. The largest absolute Gasteiger partial charge is 0.345 e. The van der Waals surface area contributed by atoms with Crippen molar-refractivity contribution in [1.82, 2.24) is 19.9 Å². The predicted molar refractivity (Wildman–Crippen MR) is 90.6 cm³/mol. The predicted octanol–water partition coefficient (Wildman–Crippen LogP) is 1.74. The van der Waals surface area contributed by atoms with Crippen LogP contribution in [0.15, 0.2) is 65.8 Å². The number of hydrogen-bond donors (Lipinski definition) is 2. The Balaban J connectivity index is 1.58. The molecule has 0 aliphatic carbocycles. The van der Waals surface area contributed by atoms with Crippen LogP contribution in [0.1, 0.15) is 21.7 Å². The van der Waals surface area contributed by atoms with Gasteiger partial charge in [0.25, 0.3) is 5.91 Å². The molecule has 6 heteroatoms. The van der Waals surface area contributed by atoms with Gasteiger partial charge in [-0.3, -0.25) is 9.59 Å². The van der Waals surface area contributed by atoms with Crippen LogP contribution < -0.4 is 10.9 Å². The fourth-order valence-electron chi connectivity index (χ4n) is 2.42. The lowest BCUT2D eigenvalue weighted by Gasteiger charge is -2.09. The van der Waals surface area contributed by atoms with Crippen LogP contribution in [0.4, 0.5) is 0 Å². The molecule has 0 unspecified atom stereocenters. The molecule has 1 aromatic carbocycles. The summed E-state index contributed by atoms with van der Waals surface area (Å²) in [4.78, 5) is 29.9. The van der Waals surface area contributed by atoms with Gasteiger partial charge in [0.15, 0.2) is 0 Å². The third-order valence-corrected chi connectivity index (χ3v) is 3.74. The molecule has 2 N–H and O–H groups in total. The van der Waals surface area contributed by atoms with Gasteiger partial charge in [-0.25, -0.2) is 4.98 Å². The molecule has 0 aliphatic heterocycles. The maximum absolute atomic E-state index is 12.1. The molecule has 0 saturated carbocycles. The Hall–Kier alpha value is -3.15. The summed E-state index contributed by atoms with van der Waals surface area (Å²) in [6.45, 7) is 1.13. The molecule has 0 atom stereocenters. The van der Waals surface area contributed by atoms with Gasteiger partial charge in [0.1, 0.15) is 5.82 Å². The molecule has 2 aromatic heterocycles. The summed E-state index contributed by atoms with van der Waals surface area (Å²) in [5.74, 6) is 0.549. The Bertz CT molecular complexity index is 847. The zero-order valence-electron chi connectivity index (χ0n) is 13.1. The van der Waals surface area contributed by atoms with E-state index in [0.717, 1.165) is 18.8 Å². The number of carbonyl (C=O) groups is 1. The highest BCUT2D eigenvalue weighted by Gasteiger charge is 2.08. The molecule has 0 spiro atoms. The number of nitrogens with zero attached hydrogens (tertiary/aromatic N) is 2. The van der Waals surface area contributed by atoms with Crippen LogP contribution >= 0.6 is 0 Å². The van der Waals surface area contributed by atoms with Crippen LogP contribution in [0.25, 0.3) is 0 Å². The molecule has 0 bridgehead atoms. The van der Waals surface area contributed by atoms with Gasteiger partial charge >= 0.3 is 0 Å². The standard InChI is InChI=1S/C18H18N4O2/c23-17-7-6-15(12-20-17)18(24)21-13-16-19-9-11-22(16)10-8-14-4-2-1-3-5-14/h1-7,9,11-12H,8,10,13H2,(H,20,23)(H,21,24). The molecule has 0 radical (unpaired) electrons. The first-order valence-electron chi connectivity index (χ1n) is 7.73. The second kappa shape index (κ2) is 7.41. The first kappa shape index (κ1) is 15.7. The van der Waals surface area contributed by atoms with Gasteiger partial charge in [-0.15, -0.1) is 0 Å². The summed E-state index contributed by atoms with van der Waals surface area (Å²) in [7, 11) is 0. The summed E-state index contributed by atoms with van der Waals surface area (Å²) in [6, 6.07) is 13.1. The van der Waals surface area contributed by atoms with Crippen LogP contribution in [-0.2, 0) is 19.5 Å². The summed E-state index contributed by atoms with van der Waals surface area (Å²) < 4.78 is 2.03. The van der Waals surface area contributed by atoms with Crippen molar-refractivity contribution >= 4 is 5.91 Å². The number of hydrogen-bond acceptors (Lipinski definition) is 3. The van der Waals surface area contributed by atoms with Crippen molar-refractivity contribution in [2.24, 2.45) is 0 Å². The molecular formula is C18H18N4O2. The van der Waals surface area contributed by atoms with Gasteiger partial charge in [-0.05, 0) is 18.1 Å². The zero-order chi connectivity index (χ0) is 16.8. The fraction of sp³-hybridized carbons (Fsp3) is 0.167.